The number of hydrogen-bond acceptors (Lipinski definition) is 4. The van der Waals surface area contributed by atoms with Crippen molar-refractivity contribution in [1.29, 1.82) is 21.0 Å². The Labute approximate surface area is 872 Å². The number of rotatable bonds is 18. The van der Waals surface area contributed by atoms with E-state index in [0.717, 1.165) is 131 Å². The van der Waals surface area contributed by atoms with Crippen LogP contribution in [0, 0.1) is 78.2 Å². The van der Waals surface area contributed by atoms with Crippen LogP contribution in [0.2, 0.25) is 0 Å². The molecule has 0 aliphatic carbocycles. The second-order valence-electron chi connectivity index (χ2n) is 36.7. The molecule has 0 aliphatic heterocycles. The van der Waals surface area contributed by atoms with E-state index in [1.165, 1.54) is 46.7 Å². The van der Waals surface area contributed by atoms with Gasteiger partial charge in [0.25, 0.3) is 0 Å². The summed E-state index contributed by atoms with van der Waals surface area (Å²) in [5, 5.41) is 59.7. The molecule has 0 aliphatic rings. The van der Waals surface area contributed by atoms with Crippen molar-refractivity contribution in [1.82, 2.24) is 13.7 Å². The Hall–Kier alpha value is -20.9. The van der Waals surface area contributed by atoms with Crippen LogP contribution in [0.4, 0.5) is 28.4 Å². The normalized spacial score (nSPS) is 11.1. The van der Waals surface area contributed by atoms with Gasteiger partial charge in [-0.1, -0.05) is 393 Å². The molecule has 12 nitrogen and oxygen atoms in total. The summed E-state index contributed by atoms with van der Waals surface area (Å²) in [6, 6.07) is 183. The molecule has 24 rings (SSSR count). The van der Waals surface area contributed by atoms with E-state index >= 15 is 0 Å². The minimum absolute atomic E-state index is 0.499. The van der Waals surface area contributed by atoms with Crippen LogP contribution in [0.1, 0.15) is 22.3 Å². The molecule has 0 radical (unpaired) electrons. The van der Waals surface area contributed by atoms with E-state index in [9.17, 15) is 21.0 Å². The summed E-state index contributed by atoms with van der Waals surface area (Å²) in [5.74, 6) is 0. The van der Waals surface area contributed by atoms with E-state index in [2.05, 4.69) is 384 Å². The van der Waals surface area contributed by atoms with Crippen LogP contribution in [-0.4, -0.2) is 37.9 Å². The van der Waals surface area contributed by atoms with E-state index in [1.807, 2.05) is 188 Å². The lowest BCUT2D eigenvalue weighted by molar-refractivity contribution is 1.18. The maximum Gasteiger partial charge on any atom is 0.210 e. The zero-order chi connectivity index (χ0) is 102. The van der Waals surface area contributed by atoms with Gasteiger partial charge in [-0.25, -0.2) is 24.2 Å². The first-order valence-corrected chi connectivity index (χ1v) is 55.0. The molecule has 150 heavy (non-hydrogen) atoms. The van der Waals surface area contributed by atoms with Gasteiger partial charge in [0.2, 0.25) is 5.69 Å². The van der Waals surface area contributed by atoms with Gasteiger partial charge in [0.1, 0.15) is 0 Å². The average molecular weight is 1960 g/mol. The zero-order valence-corrected chi connectivity index (χ0v) is 83.9. The molecule has 21 aromatic carbocycles. The third-order valence-corrected chi connectivity index (χ3v) is 43.1. The lowest BCUT2D eigenvalue weighted by Crippen LogP contribution is -2.75. The molecule has 3 heterocycles. The number of benzene rings is 21. The van der Waals surface area contributed by atoms with Gasteiger partial charge in [-0.05, 0) is 212 Å². The lowest BCUT2D eigenvalue weighted by atomic mass is 10.0. The van der Waals surface area contributed by atoms with Crippen molar-refractivity contribution >= 4 is 180 Å². The van der Waals surface area contributed by atoms with E-state index in [-0.39, 0.29) is 0 Å². The second-order valence-corrected chi connectivity index (χ2v) is 48.1. The van der Waals surface area contributed by atoms with Gasteiger partial charge in [-0.2, -0.15) is 21.0 Å². The number of nitriles is 4. The zero-order valence-electron chi connectivity index (χ0n) is 80.9. The molecule has 0 spiro atoms. The van der Waals surface area contributed by atoms with Crippen LogP contribution >= 0.6 is 0 Å². The van der Waals surface area contributed by atoms with E-state index in [0.29, 0.717) is 50.7 Å². The molecule has 0 fully saturated rings. The van der Waals surface area contributed by atoms with Crippen molar-refractivity contribution < 1.29 is 0 Å². The van der Waals surface area contributed by atoms with Crippen molar-refractivity contribution in [3.8, 4) is 74.7 Å². The highest BCUT2D eigenvalue weighted by molar-refractivity contribution is 7.21. The molecule has 696 valence electrons. The molecular formula is C135H84N12Si3. The van der Waals surface area contributed by atoms with Crippen LogP contribution in [0.3, 0.4) is 0 Å². The monoisotopic (exact) mass is 1960 g/mol. The molecule has 0 unspecified atom stereocenters. The van der Waals surface area contributed by atoms with Gasteiger partial charge in [0.15, 0.2) is 47.0 Å². The average Bonchev–Trinajstić information content (AvgIpc) is 1.23. The summed E-state index contributed by atoms with van der Waals surface area (Å²) in [4.78, 5) is 20.0. The number of hydrogen-bond donors (Lipinski definition) is 0. The minimum atomic E-state index is -3.04. The fourth-order valence-electron chi connectivity index (χ4n) is 22.3. The van der Waals surface area contributed by atoms with Crippen LogP contribution < -0.4 is 62.2 Å². The topological polar surface area (TPSA) is 132 Å². The predicted molar refractivity (Wildman–Crippen MR) is 620 cm³/mol. The third kappa shape index (κ3) is 16.6. The van der Waals surface area contributed by atoms with Crippen molar-refractivity contribution in [2.45, 2.75) is 0 Å². The first kappa shape index (κ1) is 94.0. The quantitative estimate of drug-likeness (QED) is 0.0481. The fourth-order valence-corrected chi connectivity index (χ4v) is 36.9. The van der Waals surface area contributed by atoms with Crippen LogP contribution in [-0.2, 0) is 0 Å². The van der Waals surface area contributed by atoms with Gasteiger partial charge < -0.3 is 13.7 Å². The Morgan fingerprint density at radius 2 is 0.533 bits per heavy atom. The molecule has 0 saturated heterocycles. The summed E-state index contributed by atoms with van der Waals surface area (Å²) >= 11 is 0. The highest BCUT2D eigenvalue weighted by Gasteiger charge is 2.46. The van der Waals surface area contributed by atoms with Crippen molar-refractivity contribution in [3.05, 3.63) is 589 Å². The first-order chi connectivity index (χ1) is 74.0. The van der Waals surface area contributed by atoms with E-state index < -0.39 is 24.2 Å². The highest BCUT2D eigenvalue weighted by Crippen LogP contribution is 2.44. The van der Waals surface area contributed by atoms with Gasteiger partial charge in [0.05, 0.1) is 118 Å². The van der Waals surface area contributed by atoms with Crippen molar-refractivity contribution in [2.75, 3.05) is 0 Å². The molecule has 3 aromatic heterocycles. The molecule has 24 aromatic rings. The smallest absolute Gasteiger partial charge is 0.210 e. The summed E-state index contributed by atoms with van der Waals surface area (Å²) in [6.07, 6.45) is 0. The number of nitrogens with zero attached hydrogens (tertiary/aromatic N) is 12. The Morgan fingerprint density at radius 3 is 0.940 bits per heavy atom. The third-order valence-electron chi connectivity index (χ3n) is 28.8. The Bertz CT molecular complexity index is 9530. The highest BCUT2D eigenvalue weighted by atomic mass is 28.3. The van der Waals surface area contributed by atoms with Gasteiger partial charge >= 0.3 is 0 Å². The Kier molecular flexibility index (Phi) is 25.6. The summed E-state index contributed by atoms with van der Waals surface area (Å²) in [7, 11) is -8.78. The standard InChI is InChI=1S/3C45H28N4Si/c1-47-41-26-23-33(29-45(41)49-43-21-13-12-20-39(43)40-28-32(31-46)22-27-44(40)49)38-25-24-37(30-42(38)48-2)50(34-14-6-3-7-15-34,35-16-8-4-9-17-35)36-18-10-5-11-19-36;1-47-33-23-25-40(45(29-33)50(35-14-6-3-7-15-35,36-16-8-4-9-17-36)37-18-10-5-11-19-37)38-26-24-34(30-42(38)48-2)49-43-21-13-12-20-39(43)41-28-32(31-46)22-27-44(41)49;1-48-36-26-35(27-37(29-36)49-44-20-12-11-19-42(44)43-25-32(30-46)21-22-45(43)49)34-23-33(31-47)24-41(28-34)50(38-13-5-2-6-14-38,39-15-7-3-8-16-39)40-17-9-4-10-18-40/h2*3-30H;2-29H. The molecule has 0 saturated carbocycles. The SMILES string of the molecule is [C-]#[N+]c1cc(-c2cc(C#N)cc([Si](c3ccccc3)(c3ccccc3)c3ccccc3)c2)cc(-n2c3ccccc3c3cc(C#N)ccc32)c1.[C-]#[N+]c1cc([Si](c2ccccc2)(c2ccccc2)c2ccccc2)ccc1-c1ccc([N+]#[C-])c(-n2c3ccccc3c3cc(C#N)ccc32)c1.[C-]#[N+]c1ccc(-c2ccc(-n3c4ccccc4c4cc(C#N)ccc43)cc2[N+]#[C-])c([Si](c2ccccc2)(c2ccccc2)c2ccccc2)c1. The number of para-hydroxylation sites is 3. The summed E-state index contributed by atoms with van der Waals surface area (Å²) < 4.78 is 6.44. The molecule has 0 atom stereocenters. The van der Waals surface area contributed by atoms with Gasteiger partial charge in [0, 0.05) is 43.7 Å². The molecule has 15 heteroatoms. The van der Waals surface area contributed by atoms with Gasteiger partial charge in [-0.15, -0.1) is 0 Å². The van der Waals surface area contributed by atoms with E-state index in [1.54, 1.807) is 0 Å². The minimum Gasteiger partial charge on any atom is -0.319 e. The molecule has 0 bridgehead atoms. The first-order valence-electron chi connectivity index (χ1n) is 49.0. The van der Waals surface area contributed by atoms with Crippen molar-refractivity contribution in [3.63, 3.8) is 0 Å². The summed E-state index contributed by atoms with van der Waals surface area (Å²) in [5.41, 5.74) is 18.4. The van der Waals surface area contributed by atoms with Crippen LogP contribution in [0.15, 0.2) is 510 Å². The maximum atomic E-state index is 10.5. The van der Waals surface area contributed by atoms with Crippen LogP contribution in [0.25, 0.3) is 140 Å². The fraction of sp³-hybridized carbons (Fsp3) is 0. The Morgan fingerprint density at radius 1 is 0.187 bits per heavy atom. The Balaban J connectivity index is 0.000000127. The maximum absolute atomic E-state index is 10.5. The largest absolute Gasteiger partial charge is 0.319 e. The predicted octanol–water partition coefficient (Wildman–Crippen LogP) is 25.7. The van der Waals surface area contributed by atoms with Gasteiger partial charge in [-0.3, -0.25) is 0 Å². The molecule has 0 N–H and O–H groups in total. The van der Waals surface area contributed by atoms with E-state index in [4.69, 9.17) is 32.9 Å². The lowest BCUT2D eigenvalue weighted by Gasteiger charge is -2.36. The number of fused-ring (bicyclic) bond motifs is 9. The second kappa shape index (κ2) is 40.8. The van der Waals surface area contributed by atoms with Crippen molar-refractivity contribution in [2.24, 2.45) is 0 Å². The summed E-state index contributed by atoms with van der Waals surface area (Å²) in [6.45, 7) is 41.1. The molecular weight excluding hydrogens is 1870 g/mol. The van der Waals surface area contributed by atoms with Crippen LogP contribution in [0.5, 0.6) is 0 Å². The molecule has 0 amide bonds. The number of aromatic nitrogens is 3.